The van der Waals surface area contributed by atoms with E-state index in [0.717, 1.165) is 5.56 Å². The van der Waals surface area contributed by atoms with Crippen molar-refractivity contribution in [3.8, 4) is 0 Å². The zero-order valence-corrected chi connectivity index (χ0v) is 8.90. The highest BCUT2D eigenvalue weighted by atomic mass is 32.2. The Hall–Kier alpha value is -0.390. The molecule has 74 valence electrons. The summed E-state index contributed by atoms with van der Waals surface area (Å²) < 4.78 is 22.5. The van der Waals surface area contributed by atoms with Crippen molar-refractivity contribution >= 4 is 21.2 Å². The van der Waals surface area contributed by atoms with Crippen LogP contribution in [-0.4, -0.2) is 26.5 Å². The monoisotopic (exact) mass is 219 g/mol. The van der Waals surface area contributed by atoms with E-state index >= 15 is 0 Å². The number of rotatable bonds is 5. The second-order valence-electron chi connectivity index (χ2n) is 2.82. The van der Waals surface area contributed by atoms with Crippen molar-refractivity contribution < 1.29 is 8.42 Å². The molecule has 0 atom stereocenters. The normalized spacial score (nSPS) is 11.8. The van der Waals surface area contributed by atoms with Crippen molar-refractivity contribution in [2.45, 2.75) is 6.42 Å². The van der Waals surface area contributed by atoms with Crippen molar-refractivity contribution in [3.05, 3.63) is 22.4 Å². The molecular formula is C8H13NO2S2. The molecule has 1 aromatic rings. The lowest BCUT2D eigenvalue weighted by molar-refractivity contribution is 0.595. The van der Waals surface area contributed by atoms with E-state index in [2.05, 4.69) is 0 Å². The summed E-state index contributed by atoms with van der Waals surface area (Å²) in [5.74, 6) is 0.304. The minimum atomic E-state index is -2.93. The van der Waals surface area contributed by atoms with E-state index in [9.17, 15) is 8.42 Å². The molecule has 5 heteroatoms. The van der Waals surface area contributed by atoms with Gasteiger partial charge in [-0.05, 0) is 28.8 Å². The van der Waals surface area contributed by atoms with Gasteiger partial charge in [0.2, 0.25) is 0 Å². The second kappa shape index (κ2) is 4.74. The van der Waals surface area contributed by atoms with Crippen molar-refractivity contribution in [1.29, 1.82) is 0 Å². The van der Waals surface area contributed by atoms with Crippen LogP contribution >= 0.6 is 11.3 Å². The fourth-order valence-corrected chi connectivity index (χ4v) is 2.80. The molecule has 1 rings (SSSR count). The third-order valence-corrected chi connectivity index (χ3v) is 4.13. The summed E-state index contributed by atoms with van der Waals surface area (Å²) in [6.07, 6.45) is 0.603. The van der Waals surface area contributed by atoms with Crippen LogP contribution < -0.4 is 5.73 Å². The van der Waals surface area contributed by atoms with E-state index in [1.807, 2.05) is 16.8 Å². The third kappa shape index (κ3) is 3.89. The van der Waals surface area contributed by atoms with Crippen LogP contribution in [0, 0.1) is 0 Å². The number of hydrogen-bond donors (Lipinski definition) is 1. The molecule has 0 spiro atoms. The van der Waals surface area contributed by atoms with Gasteiger partial charge < -0.3 is 5.73 Å². The highest BCUT2D eigenvalue weighted by molar-refractivity contribution is 7.91. The maximum absolute atomic E-state index is 11.2. The number of thiophene rings is 1. The Balaban J connectivity index is 2.43. The van der Waals surface area contributed by atoms with Crippen LogP contribution in [0.4, 0.5) is 0 Å². The maximum Gasteiger partial charge on any atom is 0.151 e. The van der Waals surface area contributed by atoms with E-state index in [1.165, 1.54) is 0 Å². The van der Waals surface area contributed by atoms with Gasteiger partial charge in [0.25, 0.3) is 0 Å². The first-order valence-electron chi connectivity index (χ1n) is 4.05. The molecule has 0 fully saturated rings. The van der Waals surface area contributed by atoms with Gasteiger partial charge >= 0.3 is 0 Å². The highest BCUT2D eigenvalue weighted by Gasteiger charge is 2.09. The van der Waals surface area contributed by atoms with Crippen LogP contribution in [0.15, 0.2) is 16.8 Å². The molecule has 0 amide bonds. The van der Waals surface area contributed by atoms with Crippen molar-refractivity contribution in [2.24, 2.45) is 5.73 Å². The van der Waals surface area contributed by atoms with Gasteiger partial charge in [0.15, 0.2) is 9.84 Å². The Bertz CT molecular complexity index is 329. The largest absolute Gasteiger partial charge is 0.329 e. The lowest BCUT2D eigenvalue weighted by Crippen LogP contribution is -2.19. The fraction of sp³-hybridized carbons (Fsp3) is 0.500. The summed E-state index contributed by atoms with van der Waals surface area (Å²) in [7, 11) is -2.93. The van der Waals surface area contributed by atoms with Gasteiger partial charge in [-0.1, -0.05) is 0 Å². The van der Waals surface area contributed by atoms with Crippen LogP contribution in [-0.2, 0) is 16.3 Å². The van der Waals surface area contributed by atoms with E-state index in [4.69, 9.17) is 5.73 Å². The lowest BCUT2D eigenvalue weighted by atomic mass is 10.3. The Morgan fingerprint density at radius 1 is 1.38 bits per heavy atom. The average Bonchev–Trinajstić information content (AvgIpc) is 2.52. The molecule has 3 nitrogen and oxygen atoms in total. The highest BCUT2D eigenvalue weighted by Crippen LogP contribution is 2.07. The number of aryl methyl sites for hydroxylation is 1. The first-order valence-corrected chi connectivity index (χ1v) is 6.82. The molecule has 0 aliphatic rings. The molecule has 2 N–H and O–H groups in total. The molecule has 0 saturated carbocycles. The molecule has 0 aromatic carbocycles. The summed E-state index contributed by atoms with van der Waals surface area (Å²) >= 11 is 1.58. The molecule has 0 bridgehead atoms. The Labute approximate surface area is 82.5 Å². The van der Waals surface area contributed by atoms with Gasteiger partial charge in [-0.2, -0.15) is 11.3 Å². The van der Waals surface area contributed by atoms with Gasteiger partial charge in [-0.3, -0.25) is 0 Å². The summed E-state index contributed by atoms with van der Waals surface area (Å²) in [4.78, 5) is 0. The van der Waals surface area contributed by atoms with Gasteiger partial charge in [-0.15, -0.1) is 0 Å². The second-order valence-corrected chi connectivity index (χ2v) is 5.91. The molecular weight excluding hydrogens is 206 g/mol. The summed E-state index contributed by atoms with van der Waals surface area (Å²) in [5.41, 5.74) is 6.28. The van der Waals surface area contributed by atoms with E-state index in [-0.39, 0.29) is 18.1 Å². The minimum absolute atomic E-state index is 0.0944. The van der Waals surface area contributed by atoms with Crippen LogP contribution in [0.2, 0.25) is 0 Å². The van der Waals surface area contributed by atoms with Crippen LogP contribution in [0.3, 0.4) is 0 Å². The van der Waals surface area contributed by atoms with Crippen molar-refractivity contribution in [3.63, 3.8) is 0 Å². The van der Waals surface area contributed by atoms with Crippen LogP contribution in [0.1, 0.15) is 5.56 Å². The predicted molar refractivity (Wildman–Crippen MR) is 55.7 cm³/mol. The number of hydrogen-bond acceptors (Lipinski definition) is 4. The maximum atomic E-state index is 11.2. The van der Waals surface area contributed by atoms with Gasteiger partial charge in [0.05, 0.1) is 11.5 Å². The Kier molecular flexibility index (Phi) is 3.90. The zero-order valence-electron chi connectivity index (χ0n) is 7.27. The molecule has 0 aliphatic carbocycles. The average molecular weight is 219 g/mol. The quantitative estimate of drug-likeness (QED) is 0.791. The van der Waals surface area contributed by atoms with Crippen LogP contribution in [0.25, 0.3) is 0 Å². The first-order chi connectivity index (χ1) is 6.14. The van der Waals surface area contributed by atoms with Gasteiger partial charge in [0.1, 0.15) is 0 Å². The Morgan fingerprint density at radius 3 is 2.69 bits per heavy atom. The molecule has 0 aliphatic heterocycles. The molecule has 0 saturated heterocycles. The first kappa shape index (κ1) is 10.7. The lowest BCUT2D eigenvalue weighted by Gasteiger charge is -2.00. The summed E-state index contributed by atoms with van der Waals surface area (Å²) in [5, 5.41) is 3.92. The Morgan fingerprint density at radius 2 is 2.15 bits per heavy atom. The smallest absolute Gasteiger partial charge is 0.151 e. The summed E-state index contributed by atoms with van der Waals surface area (Å²) in [6.45, 7) is 0.214. The molecule has 1 aromatic heterocycles. The zero-order chi connectivity index (χ0) is 9.73. The standard InChI is InChI=1S/C8H13NO2S2/c9-3-6-13(10,11)5-2-8-1-4-12-7-8/h1,4,7H,2-3,5-6,9H2. The molecule has 1 heterocycles. The SMILES string of the molecule is NCCS(=O)(=O)CCc1ccsc1. The fourth-order valence-electron chi connectivity index (χ4n) is 0.990. The minimum Gasteiger partial charge on any atom is -0.329 e. The van der Waals surface area contributed by atoms with E-state index in [0.29, 0.717) is 6.42 Å². The van der Waals surface area contributed by atoms with Crippen molar-refractivity contribution in [2.75, 3.05) is 18.1 Å². The molecule has 0 radical (unpaired) electrons. The van der Waals surface area contributed by atoms with Gasteiger partial charge in [-0.25, -0.2) is 8.42 Å². The topological polar surface area (TPSA) is 60.2 Å². The predicted octanol–water partition coefficient (Wildman–Crippen LogP) is 0.664. The van der Waals surface area contributed by atoms with Crippen LogP contribution in [0.5, 0.6) is 0 Å². The number of nitrogens with two attached hydrogens (primary N) is 1. The molecule has 13 heavy (non-hydrogen) atoms. The number of sulfone groups is 1. The summed E-state index contributed by atoms with van der Waals surface area (Å²) in [6, 6.07) is 1.95. The molecule has 0 unspecified atom stereocenters. The third-order valence-electron chi connectivity index (χ3n) is 1.71. The van der Waals surface area contributed by atoms with E-state index < -0.39 is 9.84 Å². The van der Waals surface area contributed by atoms with Gasteiger partial charge in [0, 0.05) is 6.54 Å². The van der Waals surface area contributed by atoms with Crippen molar-refractivity contribution in [1.82, 2.24) is 0 Å². The van der Waals surface area contributed by atoms with E-state index in [1.54, 1.807) is 11.3 Å².